The average molecular weight is 255 g/mol. The highest BCUT2D eigenvalue weighted by molar-refractivity contribution is 4.80. The number of ether oxygens (including phenoxy) is 1. The van der Waals surface area contributed by atoms with E-state index in [4.69, 9.17) is 0 Å². The number of rotatable bonds is 5. The van der Waals surface area contributed by atoms with Crippen molar-refractivity contribution >= 4 is 0 Å². The molecule has 0 aromatic carbocycles. The van der Waals surface area contributed by atoms with Gasteiger partial charge >= 0.3 is 6.36 Å². The lowest BCUT2D eigenvalue weighted by Crippen LogP contribution is -2.54. The highest BCUT2D eigenvalue weighted by Gasteiger charge is 2.28. The number of nitrogens with one attached hydrogen (secondary N) is 1. The van der Waals surface area contributed by atoms with Crippen molar-refractivity contribution in [2.75, 3.05) is 53.4 Å². The van der Waals surface area contributed by atoms with Gasteiger partial charge in [0.1, 0.15) is 0 Å². The van der Waals surface area contributed by atoms with Crippen LogP contribution in [0.5, 0.6) is 0 Å². The van der Waals surface area contributed by atoms with Crippen LogP contribution in [0.1, 0.15) is 0 Å². The molecule has 1 aliphatic rings. The molecule has 1 fully saturated rings. The molecule has 102 valence electrons. The van der Waals surface area contributed by atoms with Gasteiger partial charge in [0.25, 0.3) is 0 Å². The summed E-state index contributed by atoms with van der Waals surface area (Å²) in [5.74, 6) is 0. The van der Waals surface area contributed by atoms with E-state index in [2.05, 4.69) is 19.9 Å². The van der Waals surface area contributed by atoms with Crippen LogP contribution < -0.4 is 5.32 Å². The van der Waals surface area contributed by atoms with Crippen molar-refractivity contribution in [2.24, 2.45) is 0 Å². The second-order valence-corrected chi connectivity index (χ2v) is 4.40. The molecule has 0 saturated carbocycles. The zero-order chi connectivity index (χ0) is 12.9. The van der Waals surface area contributed by atoms with Gasteiger partial charge in [-0.25, -0.2) is 0 Å². The Hall–Kier alpha value is -0.370. The number of halogens is 3. The van der Waals surface area contributed by atoms with Crippen LogP contribution in [-0.2, 0) is 4.74 Å². The molecule has 1 heterocycles. The summed E-state index contributed by atoms with van der Waals surface area (Å²) >= 11 is 0. The highest BCUT2D eigenvalue weighted by atomic mass is 19.4. The fourth-order valence-corrected chi connectivity index (χ4v) is 1.83. The van der Waals surface area contributed by atoms with Crippen molar-refractivity contribution in [1.29, 1.82) is 0 Å². The lowest BCUT2D eigenvalue weighted by Gasteiger charge is -2.37. The van der Waals surface area contributed by atoms with Crippen LogP contribution in [0, 0.1) is 0 Å². The van der Waals surface area contributed by atoms with E-state index >= 15 is 0 Å². The molecule has 17 heavy (non-hydrogen) atoms. The molecule has 1 rings (SSSR count). The first-order valence-corrected chi connectivity index (χ1v) is 5.68. The molecule has 4 nitrogen and oxygen atoms in total. The summed E-state index contributed by atoms with van der Waals surface area (Å²) in [6.45, 7) is 3.51. The molecule has 1 saturated heterocycles. The van der Waals surface area contributed by atoms with E-state index in [0.29, 0.717) is 12.6 Å². The van der Waals surface area contributed by atoms with Gasteiger partial charge in [-0.05, 0) is 14.1 Å². The van der Waals surface area contributed by atoms with Crippen molar-refractivity contribution in [3.8, 4) is 0 Å². The SMILES string of the molecule is CN1CCN(C)C(CNCCOC(F)(F)F)C1. The fraction of sp³-hybridized carbons (Fsp3) is 1.00. The second-order valence-electron chi connectivity index (χ2n) is 4.40. The number of alkyl halides is 3. The van der Waals surface area contributed by atoms with Crippen molar-refractivity contribution < 1.29 is 17.9 Å². The van der Waals surface area contributed by atoms with Gasteiger partial charge in [-0.3, -0.25) is 9.64 Å². The summed E-state index contributed by atoms with van der Waals surface area (Å²) in [7, 11) is 4.08. The van der Waals surface area contributed by atoms with Gasteiger partial charge in [0.2, 0.25) is 0 Å². The molecule has 0 bridgehead atoms. The third kappa shape index (κ3) is 6.21. The van der Waals surface area contributed by atoms with Gasteiger partial charge in [-0.15, -0.1) is 13.2 Å². The molecule has 1 atom stereocenters. The van der Waals surface area contributed by atoms with E-state index in [0.717, 1.165) is 19.6 Å². The lowest BCUT2D eigenvalue weighted by molar-refractivity contribution is -0.323. The normalized spacial score (nSPS) is 24.2. The largest absolute Gasteiger partial charge is 0.522 e. The van der Waals surface area contributed by atoms with E-state index in [1.165, 1.54) is 0 Å². The summed E-state index contributed by atoms with van der Waals surface area (Å²) < 4.78 is 38.7. The number of hydrogen-bond donors (Lipinski definition) is 1. The van der Waals surface area contributed by atoms with Gasteiger partial charge in [0.05, 0.1) is 6.61 Å². The van der Waals surface area contributed by atoms with Crippen molar-refractivity contribution in [3.63, 3.8) is 0 Å². The highest BCUT2D eigenvalue weighted by Crippen LogP contribution is 2.15. The Labute approximate surface area is 99.7 Å². The Kier molecular flexibility index (Phi) is 5.64. The first-order chi connectivity index (χ1) is 7.88. The van der Waals surface area contributed by atoms with Crippen LogP contribution in [0.4, 0.5) is 13.2 Å². The average Bonchev–Trinajstić information content (AvgIpc) is 2.21. The first kappa shape index (κ1) is 14.7. The molecule has 7 heteroatoms. The Balaban J connectivity index is 2.09. The van der Waals surface area contributed by atoms with Crippen LogP contribution in [0.3, 0.4) is 0 Å². The summed E-state index contributed by atoms with van der Waals surface area (Å²) in [6, 6.07) is 0.347. The maximum atomic E-state index is 11.7. The topological polar surface area (TPSA) is 27.7 Å². The molecule has 0 radical (unpaired) electrons. The van der Waals surface area contributed by atoms with Gasteiger partial charge in [0, 0.05) is 38.8 Å². The Bertz CT molecular complexity index is 225. The monoisotopic (exact) mass is 255 g/mol. The van der Waals surface area contributed by atoms with E-state index in [9.17, 15) is 13.2 Å². The molecular formula is C10H20F3N3O. The second kappa shape index (κ2) is 6.53. The third-order valence-electron chi connectivity index (χ3n) is 2.90. The fourth-order valence-electron chi connectivity index (χ4n) is 1.83. The number of piperazine rings is 1. The third-order valence-corrected chi connectivity index (χ3v) is 2.90. The van der Waals surface area contributed by atoms with Gasteiger partial charge < -0.3 is 10.2 Å². The van der Waals surface area contributed by atoms with Crippen LogP contribution in [0.15, 0.2) is 0 Å². The van der Waals surface area contributed by atoms with E-state index < -0.39 is 6.36 Å². The molecule has 0 aromatic heterocycles. The molecule has 0 aliphatic carbocycles. The molecule has 1 N–H and O–H groups in total. The zero-order valence-electron chi connectivity index (χ0n) is 10.3. The van der Waals surface area contributed by atoms with Crippen molar-refractivity contribution in [1.82, 2.24) is 15.1 Å². The number of hydrogen-bond acceptors (Lipinski definition) is 4. The Morgan fingerprint density at radius 1 is 1.29 bits per heavy atom. The first-order valence-electron chi connectivity index (χ1n) is 5.68. The van der Waals surface area contributed by atoms with Gasteiger partial charge in [-0.2, -0.15) is 0 Å². The standard InChI is InChI=1S/C10H20F3N3O/c1-15-4-5-16(2)9(8-15)7-14-3-6-17-10(11,12)13/h9,14H,3-8H2,1-2H3. The van der Waals surface area contributed by atoms with E-state index in [1.807, 2.05) is 14.1 Å². The van der Waals surface area contributed by atoms with Crippen LogP contribution in [0.25, 0.3) is 0 Å². The number of likely N-dealkylation sites (N-methyl/N-ethyl adjacent to an activating group) is 2. The summed E-state index contributed by atoms with van der Waals surface area (Å²) in [5, 5.41) is 2.99. The summed E-state index contributed by atoms with van der Waals surface area (Å²) in [5.41, 5.74) is 0. The smallest absolute Gasteiger partial charge is 0.313 e. The lowest BCUT2D eigenvalue weighted by atomic mass is 10.2. The quantitative estimate of drug-likeness (QED) is 0.718. The molecule has 0 aromatic rings. The maximum absolute atomic E-state index is 11.7. The number of nitrogens with zero attached hydrogens (tertiary/aromatic N) is 2. The predicted molar refractivity (Wildman–Crippen MR) is 58.8 cm³/mol. The molecule has 1 aliphatic heterocycles. The Morgan fingerprint density at radius 2 is 2.00 bits per heavy atom. The minimum Gasteiger partial charge on any atom is -0.313 e. The molecule has 1 unspecified atom stereocenters. The minimum absolute atomic E-state index is 0.216. The molecule has 0 spiro atoms. The van der Waals surface area contributed by atoms with Gasteiger partial charge in [0.15, 0.2) is 0 Å². The summed E-state index contributed by atoms with van der Waals surface area (Å²) in [4.78, 5) is 4.44. The Morgan fingerprint density at radius 3 is 2.65 bits per heavy atom. The van der Waals surface area contributed by atoms with E-state index in [1.54, 1.807) is 0 Å². The van der Waals surface area contributed by atoms with Crippen LogP contribution in [-0.4, -0.2) is 75.6 Å². The predicted octanol–water partition coefficient (Wildman–Crippen LogP) is 0.358. The van der Waals surface area contributed by atoms with Crippen LogP contribution in [0.2, 0.25) is 0 Å². The minimum atomic E-state index is -4.52. The van der Waals surface area contributed by atoms with Crippen LogP contribution >= 0.6 is 0 Å². The zero-order valence-corrected chi connectivity index (χ0v) is 10.3. The summed E-state index contributed by atoms with van der Waals surface area (Å²) in [6.07, 6.45) is -4.52. The molecular weight excluding hydrogens is 235 g/mol. The maximum Gasteiger partial charge on any atom is 0.522 e. The van der Waals surface area contributed by atoms with Gasteiger partial charge in [-0.1, -0.05) is 0 Å². The molecule has 0 amide bonds. The van der Waals surface area contributed by atoms with Crippen molar-refractivity contribution in [2.45, 2.75) is 12.4 Å². The van der Waals surface area contributed by atoms with E-state index in [-0.39, 0.29) is 13.2 Å². The van der Waals surface area contributed by atoms with Crippen molar-refractivity contribution in [3.05, 3.63) is 0 Å².